The monoisotopic (exact) mass is 960 g/mol. The molecule has 1 saturated heterocycles. The maximum Gasteiger partial charge on any atom is 0.226 e. The summed E-state index contributed by atoms with van der Waals surface area (Å²) in [5.41, 5.74) is 1.04. The van der Waals surface area contributed by atoms with E-state index in [2.05, 4.69) is 29.5 Å². The third-order valence-corrected chi connectivity index (χ3v) is 17.2. The lowest BCUT2D eigenvalue weighted by Gasteiger charge is -2.50. The van der Waals surface area contributed by atoms with Gasteiger partial charge in [0.15, 0.2) is 11.2 Å². The summed E-state index contributed by atoms with van der Waals surface area (Å²) in [6.07, 6.45) is 8.28. The number of carbonyl (C=O) groups is 1. The number of aryl methyl sites for hydroxylation is 1. The topological polar surface area (TPSA) is 245 Å². The number of fused-ring (bicyclic) bond motifs is 6. The van der Waals surface area contributed by atoms with Gasteiger partial charge in [-0.2, -0.15) is 0 Å². The maximum atomic E-state index is 14.2. The highest BCUT2D eigenvalue weighted by Crippen LogP contribution is 2.61. The first-order valence-electron chi connectivity index (χ1n) is 24.9. The zero-order chi connectivity index (χ0) is 48.9. The lowest BCUT2D eigenvalue weighted by Crippen LogP contribution is -3.05. The second-order valence-corrected chi connectivity index (χ2v) is 21.0. The van der Waals surface area contributed by atoms with Crippen LogP contribution < -0.4 is 20.4 Å². The van der Waals surface area contributed by atoms with E-state index in [0.29, 0.717) is 69.5 Å². The van der Waals surface area contributed by atoms with Crippen molar-refractivity contribution < 1.29 is 64.4 Å². The number of hydrogen-bond donors (Lipinski definition) is 9. The van der Waals surface area contributed by atoms with Gasteiger partial charge in [0.2, 0.25) is 17.2 Å². The van der Waals surface area contributed by atoms with E-state index >= 15 is 0 Å². The van der Waals surface area contributed by atoms with Gasteiger partial charge in [0.05, 0.1) is 17.4 Å². The van der Waals surface area contributed by atoms with Crippen molar-refractivity contribution in [3.05, 3.63) is 105 Å². The molecule has 2 spiro atoms. The predicted octanol–water partition coefficient (Wildman–Crippen LogP) is 3.92. The van der Waals surface area contributed by atoms with Gasteiger partial charge >= 0.3 is 0 Å². The first-order valence-corrected chi connectivity index (χ1v) is 24.9. The molecule has 70 heavy (non-hydrogen) atoms. The second-order valence-electron chi connectivity index (χ2n) is 21.0. The predicted molar refractivity (Wildman–Crippen MR) is 256 cm³/mol. The van der Waals surface area contributed by atoms with Crippen molar-refractivity contribution in [1.29, 1.82) is 0 Å². The third-order valence-electron chi connectivity index (χ3n) is 17.2. The van der Waals surface area contributed by atoms with Gasteiger partial charge in [-0.3, -0.25) is 19.5 Å². The Kier molecular flexibility index (Phi) is 11.9. The number of aromatic hydroxyl groups is 2. The standard InChI is InChI=1S/C54H61N3O13/c1-3-41-35-14-17-55-40(35)25-57(41)46-48-31(19-37-43(61)18-28(2)68-49(37)46)20-45(53(69-48)16-13-29-7-9-32-6-4-5-15-54(32)39(38(29)23-53)24-56-51(54)65)70-67-27-52(66,50(64)47(63)44(62)26-58)22-30-8-12-42(60)34-11-10-33(59)21-36(30)34/h8,10-14,17-19,21,25,32,38-39,41,44-45,47,50,58-60,62-64,66H,3-7,9,15-16,20,22-24,26-27H2,1-2H3,(H,56,65)/p+1/t32-,38+,39+,41?,44-,45-,47-,50+,52+,53-,54+/m1/s1. The third kappa shape index (κ3) is 7.44. The summed E-state index contributed by atoms with van der Waals surface area (Å²) in [6.45, 7) is 2.72. The molecule has 2 unspecified atom stereocenters. The molecule has 7 aliphatic rings. The molecule has 12 atom stereocenters. The lowest BCUT2D eigenvalue weighted by molar-refractivity contribution is -0.793. The Morgan fingerprint density at radius 2 is 1.89 bits per heavy atom. The number of aliphatic imine (C=N–C) groups is 1. The zero-order valence-corrected chi connectivity index (χ0v) is 39.4. The quantitative estimate of drug-likeness (QED) is 0.0556. The molecule has 0 radical (unpaired) electrons. The number of allylic oxidation sites excluding steroid dienone is 2. The van der Waals surface area contributed by atoms with Crippen LogP contribution in [0, 0.1) is 30.1 Å². The molecule has 370 valence electrons. The molecule has 16 nitrogen and oxygen atoms in total. The Labute approximate surface area is 404 Å². The maximum absolute atomic E-state index is 14.2. The van der Waals surface area contributed by atoms with Gasteiger partial charge in [0, 0.05) is 61.0 Å². The molecule has 16 heteroatoms. The summed E-state index contributed by atoms with van der Waals surface area (Å²) in [7, 11) is 0. The summed E-state index contributed by atoms with van der Waals surface area (Å²) in [6, 6.07) is 10.4. The van der Waals surface area contributed by atoms with Crippen LogP contribution in [0.1, 0.15) is 81.6 Å². The van der Waals surface area contributed by atoms with Gasteiger partial charge in [-0.15, -0.1) is 0 Å². The highest BCUT2D eigenvalue weighted by atomic mass is 17.2. The average molecular weight is 961 g/mol. The minimum atomic E-state index is -2.41. The van der Waals surface area contributed by atoms with Crippen LogP contribution in [0.2, 0.25) is 0 Å². The molecule has 4 aliphatic heterocycles. The number of carbonyl (C=O) groups excluding carboxylic acids is 1. The number of phenolic OH excluding ortho intramolecular Hbond substituents is 2. The number of benzene rings is 3. The summed E-state index contributed by atoms with van der Waals surface area (Å²) in [5.74, 6) is 1.13. The van der Waals surface area contributed by atoms with Crippen LogP contribution in [-0.2, 0) is 27.4 Å². The van der Waals surface area contributed by atoms with Crippen LogP contribution in [-0.4, -0.2) is 109 Å². The van der Waals surface area contributed by atoms with Crippen LogP contribution >= 0.6 is 0 Å². The van der Waals surface area contributed by atoms with Crippen LogP contribution in [0.5, 0.6) is 17.2 Å². The van der Waals surface area contributed by atoms with Gasteiger partial charge < -0.3 is 50.2 Å². The number of aliphatic hydroxyl groups excluding tert-OH is 4. The molecule has 5 heterocycles. The normalized spacial score (nSPS) is 31.0. The number of nitrogens with one attached hydrogen (secondary N) is 2. The van der Waals surface area contributed by atoms with E-state index in [4.69, 9.17) is 18.9 Å². The van der Waals surface area contributed by atoms with Crippen LogP contribution in [0.3, 0.4) is 0 Å². The Morgan fingerprint density at radius 3 is 2.70 bits per heavy atom. The molecular formula is C54H62N3O13+. The number of hydrogen-bond acceptors (Lipinski definition) is 14. The van der Waals surface area contributed by atoms with Crippen molar-refractivity contribution in [2.24, 2.45) is 28.2 Å². The van der Waals surface area contributed by atoms with Crippen molar-refractivity contribution in [2.75, 3.05) is 19.8 Å². The van der Waals surface area contributed by atoms with Gasteiger partial charge in [-0.25, -0.2) is 9.78 Å². The van der Waals surface area contributed by atoms with E-state index in [9.17, 15) is 45.3 Å². The van der Waals surface area contributed by atoms with Crippen LogP contribution in [0.4, 0.5) is 5.69 Å². The van der Waals surface area contributed by atoms with Crippen molar-refractivity contribution >= 4 is 39.6 Å². The summed E-state index contributed by atoms with van der Waals surface area (Å²) < 4.78 is 14.1. The highest BCUT2D eigenvalue weighted by molar-refractivity contribution is 5.92. The summed E-state index contributed by atoms with van der Waals surface area (Å²) in [5, 5.41) is 81.1. The van der Waals surface area contributed by atoms with E-state index in [-0.39, 0.29) is 53.1 Å². The van der Waals surface area contributed by atoms with E-state index in [1.165, 1.54) is 42.0 Å². The molecule has 1 aromatic heterocycles. The fourth-order valence-corrected chi connectivity index (χ4v) is 13.7. The molecule has 4 aromatic rings. The molecule has 0 bridgehead atoms. The Morgan fingerprint density at radius 1 is 1.04 bits per heavy atom. The van der Waals surface area contributed by atoms with Crippen LogP contribution in [0.15, 0.2) is 91.9 Å². The van der Waals surface area contributed by atoms with Crippen LogP contribution in [0.25, 0.3) is 21.7 Å². The van der Waals surface area contributed by atoms with E-state index < -0.39 is 60.7 Å². The number of ether oxygens (including phenoxy) is 1. The molecular weight excluding hydrogens is 899 g/mol. The van der Waals surface area contributed by atoms with Crippen molar-refractivity contribution in [3.8, 4) is 17.2 Å². The van der Waals surface area contributed by atoms with Crippen molar-refractivity contribution in [3.63, 3.8) is 0 Å². The Bertz CT molecular complexity index is 2960. The second kappa shape index (κ2) is 17.7. The molecule has 1 amide bonds. The SMILES string of the molecule is CCC1C2=CC=NC2=C[NH+]1c1c2c(cc3c(=O)cc(C)oc13)C[C@@H](OOC[C@@](O)(Cc1ccc(O)c3ccc(O)cc13)[C@@H](O)[C@H](O)[C@H](O)CO)[C@]1(CC=C3CC[C@H]4CCCC[C@]45C(=O)NC[C@H]5[C@H]3C1)O2. The Hall–Kier alpha value is -5.43. The van der Waals surface area contributed by atoms with Crippen molar-refractivity contribution in [2.45, 2.75) is 126 Å². The number of aliphatic hydroxyl groups is 5. The molecule has 9 N–H and O–H groups in total. The largest absolute Gasteiger partial charge is 0.508 e. The molecule has 3 aromatic carbocycles. The fraction of sp³-hybridized carbons (Fsp3) is 0.500. The molecule has 3 fully saturated rings. The minimum Gasteiger partial charge on any atom is -0.508 e. The number of phenols is 2. The lowest BCUT2D eigenvalue weighted by atomic mass is 9.56. The van der Waals surface area contributed by atoms with E-state index in [1.807, 2.05) is 6.08 Å². The zero-order valence-electron chi connectivity index (χ0n) is 39.4. The number of nitrogens with zero attached hydrogens (tertiary/aromatic N) is 1. The average Bonchev–Trinajstić information content (AvgIpc) is 4.02. The highest BCUT2D eigenvalue weighted by Gasteiger charge is 2.62. The molecule has 11 rings (SSSR count). The fourth-order valence-electron chi connectivity index (χ4n) is 13.7. The van der Waals surface area contributed by atoms with E-state index in [0.717, 1.165) is 61.1 Å². The smallest absolute Gasteiger partial charge is 0.226 e. The first kappa shape index (κ1) is 46.9. The Balaban J connectivity index is 1.02. The first-order chi connectivity index (χ1) is 33.7. The van der Waals surface area contributed by atoms with E-state index in [1.54, 1.807) is 19.2 Å². The van der Waals surface area contributed by atoms with Crippen molar-refractivity contribution in [1.82, 2.24) is 5.32 Å². The summed E-state index contributed by atoms with van der Waals surface area (Å²) >= 11 is 0. The summed E-state index contributed by atoms with van der Waals surface area (Å²) in [4.78, 5) is 46.4. The molecule has 3 aliphatic carbocycles. The van der Waals surface area contributed by atoms with Gasteiger partial charge in [0.25, 0.3) is 0 Å². The van der Waals surface area contributed by atoms with Gasteiger partial charge in [0.1, 0.15) is 77.4 Å². The molecule has 2 saturated carbocycles. The van der Waals surface area contributed by atoms with Gasteiger partial charge in [-0.05, 0) is 104 Å². The number of rotatable bonds is 12. The minimum absolute atomic E-state index is 0.00127. The number of quaternary nitrogens is 1. The number of amides is 1. The van der Waals surface area contributed by atoms with Gasteiger partial charge in [-0.1, -0.05) is 37.5 Å².